The molecule has 0 spiro atoms. The molecule has 1 atom stereocenters. The quantitative estimate of drug-likeness (QED) is 0.0939. The molecule has 1 saturated heterocycles. The smallest absolute Gasteiger partial charge is 0.859 e. The van der Waals surface area contributed by atoms with E-state index in [2.05, 4.69) is 132 Å². The predicted molar refractivity (Wildman–Crippen MR) is 203 cm³/mol. The van der Waals surface area contributed by atoms with Crippen molar-refractivity contribution in [1.82, 2.24) is 5.32 Å². The van der Waals surface area contributed by atoms with Gasteiger partial charge >= 0.3 is 20.4 Å². The third-order valence-corrected chi connectivity index (χ3v) is 13.9. The van der Waals surface area contributed by atoms with Gasteiger partial charge in [-0.2, -0.15) is 0 Å². The molecular weight excluding hydrogens is 725 g/mol. The van der Waals surface area contributed by atoms with Crippen LogP contribution < -0.4 is 37.4 Å². The van der Waals surface area contributed by atoms with Crippen LogP contribution in [0.3, 0.4) is 0 Å². The molecule has 1 fully saturated rings. The zero-order valence-electron chi connectivity index (χ0n) is 27.2. The van der Waals surface area contributed by atoms with E-state index in [1.807, 2.05) is 0 Å². The van der Waals surface area contributed by atoms with Gasteiger partial charge in [-0.15, -0.1) is 13.1 Å². The molecule has 4 aromatic carbocycles. The van der Waals surface area contributed by atoms with Crippen LogP contribution in [0, 0.1) is 11.3 Å². The van der Waals surface area contributed by atoms with Gasteiger partial charge in [-0.25, -0.2) is 0 Å². The average molecular weight is 771 g/mol. The van der Waals surface area contributed by atoms with Crippen LogP contribution in [0.25, 0.3) is 5.32 Å². The van der Waals surface area contributed by atoms with Crippen molar-refractivity contribution < 1.29 is 30.3 Å². The summed E-state index contributed by atoms with van der Waals surface area (Å²) in [6.45, 7) is 2.04. The second-order valence-corrected chi connectivity index (χ2v) is 16.6. The maximum absolute atomic E-state index is 10.5. The van der Waals surface area contributed by atoms with Gasteiger partial charge in [-0.05, 0) is 78.7 Å². The third-order valence-electron chi connectivity index (χ3n) is 8.06. The molecule has 6 rings (SSSR count). The molecule has 0 bridgehead atoms. The molecule has 2 aliphatic heterocycles. The van der Waals surface area contributed by atoms with Gasteiger partial charge in [0.05, 0.1) is 49.4 Å². The van der Waals surface area contributed by atoms with Crippen molar-refractivity contribution in [3.63, 3.8) is 0 Å². The van der Waals surface area contributed by atoms with Crippen LogP contribution in [0.1, 0.15) is 19.3 Å². The molecule has 2 heterocycles. The number of primary amides is 1. The molecule has 0 aliphatic carbocycles. The Morgan fingerprint density at radius 1 is 0.792 bits per heavy atom. The van der Waals surface area contributed by atoms with E-state index in [1.54, 1.807) is 18.4 Å². The van der Waals surface area contributed by atoms with E-state index in [1.165, 1.54) is 40.0 Å². The van der Waals surface area contributed by atoms with Crippen LogP contribution in [0.5, 0.6) is 0 Å². The first kappa shape index (κ1) is 39.0. The van der Waals surface area contributed by atoms with Gasteiger partial charge in [0, 0.05) is 18.9 Å². The number of hydrogen-bond donors (Lipinski definition) is 3. The number of hydrogen-bond acceptors (Lipinski definition) is 4. The second kappa shape index (κ2) is 22.3. The van der Waals surface area contributed by atoms with Gasteiger partial charge in [-0.1, -0.05) is 85.3 Å². The molecule has 1 amide bonds. The summed E-state index contributed by atoms with van der Waals surface area (Å²) in [4.78, 5) is 10.5. The first-order valence-corrected chi connectivity index (χ1v) is 19.6. The minimum Gasteiger partial charge on any atom is -0.859 e. The summed E-state index contributed by atoms with van der Waals surface area (Å²) < 4.78 is 0. The van der Waals surface area contributed by atoms with Crippen LogP contribution in [-0.2, 0) is 25.2 Å². The number of dihydropyridines is 1. The first-order valence-electron chi connectivity index (χ1n) is 16.2. The van der Waals surface area contributed by atoms with Gasteiger partial charge in [0.25, 0.3) is 0 Å². The molecule has 4 aromatic rings. The number of amides is 1. The Balaban J connectivity index is 0.000000268. The third kappa shape index (κ3) is 13.2. The summed E-state index contributed by atoms with van der Waals surface area (Å²) in [5.74, 6) is -0.774. The topological polar surface area (TPSA) is 116 Å². The van der Waals surface area contributed by atoms with Crippen molar-refractivity contribution in [3.05, 3.63) is 151 Å². The zero-order valence-corrected chi connectivity index (χ0v) is 30.7. The van der Waals surface area contributed by atoms with E-state index in [-0.39, 0.29) is 32.2 Å². The van der Waals surface area contributed by atoms with E-state index in [9.17, 15) is 9.90 Å². The Hall–Kier alpha value is -3.42. The number of nitrogens with two attached hydrogens (primary N) is 1. The fourth-order valence-electron chi connectivity index (χ4n) is 5.55. The van der Waals surface area contributed by atoms with Crippen LogP contribution in [0.2, 0.25) is 0 Å². The number of nitrogens with one attached hydrogen (secondary N) is 2. The summed E-state index contributed by atoms with van der Waals surface area (Å²) in [5.41, 5.74) is 5.58. The zero-order chi connectivity index (χ0) is 33.1. The Bertz CT molecular complexity index is 1390. The second-order valence-electron chi connectivity index (χ2n) is 11.4. The number of nitrogens with zero attached hydrogens (tertiary/aromatic N) is 1. The van der Waals surface area contributed by atoms with Crippen LogP contribution in [-0.4, -0.2) is 43.8 Å². The molecule has 2 aliphatic rings. The minimum absolute atomic E-state index is 0. The monoisotopic (exact) mass is 770 g/mol. The average Bonchev–Trinajstić information content (AvgIpc) is 3.14. The molecule has 252 valence electrons. The number of benzene rings is 4. The van der Waals surface area contributed by atoms with Crippen molar-refractivity contribution in [2.45, 2.75) is 19.3 Å². The maximum Gasteiger partial charge on any atom is 2.00 e. The fourth-order valence-corrected chi connectivity index (χ4v) is 11.2. The number of allylic oxidation sites excluding steroid dienone is 2. The summed E-state index contributed by atoms with van der Waals surface area (Å²) in [6, 6.07) is 44.6. The molecule has 4 N–H and O–H groups in total. The molecule has 0 saturated carbocycles. The Morgan fingerprint density at radius 2 is 1.23 bits per heavy atom. The van der Waals surface area contributed by atoms with E-state index in [4.69, 9.17) is 11.1 Å². The van der Waals surface area contributed by atoms with Crippen molar-refractivity contribution in [2.24, 2.45) is 11.7 Å². The molecule has 0 radical (unpaired) electrons. The summed E-state index contributed by atoms with van der Waals surface area (Å²) in [5, 5.41) is 30.0. The number of rotatable bonds is 10. The van der Waals surface area contributed by atoms with Crippen LogP contribution >= 0.6 is 15.8 Å². The van der Waals surface area contributed by atoms with Crippen molar-refractivity contribution in [2.75, 3.05) is 32.0 Å². The summed E-state index contributed by atoms with van der Waals surface area (Å²) >= 11 is 0. The Kier molecular flexibility index (Phi) is 18.1. The Labute approximate surface area is 302 Å². The van der Waals surface area contributed by atoms with E-state index in [0.717, 1.165) is 19.4 Å². The molecule has 9 heteroatoms. The molecule has 48 heavy (non-hydrogen) atoms. The van der Waals surface area contributed by atoms with Gasteiger partial charge in [0.1, 0.15) is 0 Å². The Morgan fingerprint density at radius 3 is 1.50 bits per heavy atom. The summed E-state index contributed by atoms with van der Waals surface area (Å²) in [6.07, 6.45) is 10.9. The number of carbonyl (C=O) groups is 1. The van der Waals surface area contributed by atoms with E-state index < -0.39 is 21.7 Å². The molecule has 0 aromatic heterocycles. The molecule has 6 nitrogen and oxygen atoms in total. The summed E-state index contributed by atoms with van der Waals surface area (Å²) in [7, 11) is -1.48. The van der Waals surface area contributed by atoms with Gasteiger partial charge < -0.3 is 26.9 Å². The number of carbonyl (C=O) groups excluding carboxylic acids is 1. The maximum atomic E-state index is 10.5. The molecule has 1 unspecified atom stereocenters. The van der Waals surface area contributed by atoms with Crippen molar-refractivity contribution in [3.8, 4) is 0 Å². The largest absolute Gasteiger partial charge is 2.00 e. The van der Waals surface area contributed by atoms with Gasteiger partial charge in [0.2, 0.25) is 5.91 Å². The standard InChI is InChI=1S/C27H26P2.C6H11N2O.C6H8N2O.Pd/c1-5-14-24(15-6-1)28(25-16-7-2-8-17-25)22-13-23-29(26-18-9-3-10-19-26)27-20-11-4-12-21-27;2*7-6(9)5-2-1-3-8-4-5;/h1-12,14-21H,13,22-23H2;5H,1-4H2,(H2,7,9);1-3,8H,4H2,(H2,7,9);/q;-1;;+2/p+1. The van der Waals surface area contributed by atoms with Gasteiger partial charge in [-0.3, -0.25) is 4.79 Å². The van der Waals surface area contributed by atoms with E-state index in [0.29, 0.717) is 18.7 Å². The van der Waals surface area contributed by atoms with Crippen molar-refractivity contribution in [1.29, 1.82) is 5.41 Å². The first-order chi connectivity index (χ1) is 23.0. The minimum atomic E-state index is -0.742. The van der Waals surface area contributed by atoms with Gasteiger partial charge in [0.15, 0.2) is 0 Å². The predicted octanol–water partition coefficient (Wildman–Crippen LogP) is 4.73. The number of piperidine rings is 1. The fraction of sp³-hybridized carbons (Fsp3) is 0.231. The van der Waals surface area contributed by atoms with Crippen LogP contribution in [0.4, 0.5) is 0 Å². The normalized spacial score (nSPS) is 15.0. The van der Waals surface area contributed by atoms with Crippen molar-refractivity contribution >= 4 is 48.9 Å². The SMILES string of the molecule is N=C([O-])C1=CC=CNC1.NC(=O)C1CCC[N-]C1.[Pd+2].c1ccc([PH+](CCC[PH+](c2ccccc2)c2ccccc2)c2ccccc2)cc1. The molecular formula is C39H46N4O2P2Pd+2. The van der Waals surface area contributed by atoms with E-state index >= 15 is 0 Å². The van der Waals surface area contributed by atoms with Crippen LogP contribution in [0.15, 0.2) is 145 Å².